The molecule has 3 aliphatic rings. The van der Waals surface area contributed by atoms with Gasteiger partial charge in [-0.05, 0) is 59.4 Å². The van der Waals surface area contributed by atoms with Gasteiger partial charge in [-0.3, -0.25) is 9.36 Å². The summed E-state index contributed by atoms with van der Waals surface area (Å²) in [5, 5.41) is 8.98. The van der Waals surface area contributed by atoms with Gasteiger partial charge < -0.3 is 28.0 Å². The van der Waals surface area contributed by atoms with Crippen LogP contribution in [0.1, 0.15) is 77.9 Å². The molecule has 2 aromatic heterocycles. The van der Waals surface area contributed by atoms with E-state index in [1.54, 1.807) is 38.6 Å². The standard InChI is InChI=1S/C33H43N6O7P/c1-7-23-26(45-47-39-17-11-15-24(39)33(6,46-47)22-13-9-8-10-14-22)27(42-20-43-31(40)32(3,4)5)30(44-23)38-19-35-25-28(38)36-21(2)37-29(25)41-18-12-16-34/h8-10,13-14,19,23-24,26-27,30H,7,11-12,15,17-18,20H2,1-6H3/t23-,24+,26+,27?,30-,33-,47+/m1/s1. The van der Waals surface area contributed by atoms with Gasteiger partial charge in [0.05, 0.1) is 36.4 Å². The van der Waals surface area contributed by atoms with Crippen LogP contribution in [-0.4, -0.2) is 74.5 Å². The minimum Gasteiger partial charge on any atom is -0.475 e. The highest BCUT2D eigenvalue weighted by atomic mass is 31.2. The van der Waals surface area contributed by atoms with Gasteiger partial charge >= 0.3 is 5.97 Å². The zero-order valence-corrected chi connectivity index (χ0v) is 28.7. The van der Waals surface area contributed by atoms with Gasteiger partial charge in [0.15, 0.2) is 24.2 Å². The zero-order chi connectivity index (χ0) is 33.3. The number of hydrogen-bond donors (Lipinski definition) is 0. The van der Waals surface area contributed by atoms with Crippen LogP contribution in [0.4, 0.5) is 0 Å². The van der Waals surface area contributed by atoms with Crippen LogP contribution in [0.3, 0.4) is 0 Å². The maximum absolute atomic E-state index is 12.7. The van der Waals surface area contributed by atoms with Crippen molar-refractivity contribution in [2.45, 2.75) is 103 Å². The number of esters is 1. The van der Waals surface area contributed by atoms with E-state index >= 15 is 0 Å². The molecule has 3 aromatic rings. The van der Waals surface area contributed by atoms with Gasteiger partial charge in [0.2, 0.25) is 5.88 Å². The molecule has 1 unspecified atom stereocenters. The van der Waals surface area contributed by atoms with E-state index in [4.69, 9.17) is 33.3 Å². The molecule has 0 amide bonds. The highest BCUT2D eigenvalue weighted by Crippen LogP contribution is 2.64. The lowest BCUT2D eigenvalue weighted by atomic mass is 9.87. The van der Waals surface area contributed by atoms with E-state index in [9.17, 15) is 4.79 Å². The molecule has 47 heavy (non-hydrogen) atoms. The molecular formula is C33H43N6O7P. The number of rotatable bonds is 11. The molecule has 252 valence electrons. The van der Waals surface area contributed by atoms with Crippen LogP contribution in [-0.2, 0) is 33.7 Å². The first kappa shape index (κ1) is 33.7. The fourth-order valence-electron chi connectivity index (χ4n) is 6.40. The number of ether oxygens (including phenoxy) is 4. The maximum atomic E-state index is 12.7. The summed E-state index contributed by atoms with van der Waals surface area (Å²) < 4.78 is 42.4. The summed E-state index contributed by atoms with van der Waals surface area (Å²) in [4.78, 5) is 26.3. The topological polar surface area (TPSA) is 143 Å². The smallest absolute Gasteiger partial charge is 0.313 e. The van der Waals surface area contributed by atoms with Gasteiger partial charge in [-0.1, -0.05) is 37.3 Å². The molecule has 0 spiro atoms. The van der Waals surface area contributed by atoms with Gasteiger partial charge in [-0.25, -0.2) is 14.6 Å². The Kier molecular flexibility index (Phi) is 9.81. The van der Waals surface area contributed by atoms with Crippen molar-refractivity contribution in [1.82, 2.24) is 24.2 Å². The highest BCUT2D eigenvalue weighted by Gasteiger charge is 2.58. The third-order valence-corrected chi connectivity index (χ3v) is 10.7. The molecule has 1 aromatic carbocycles. The number of carbonyl (C=O) groups is 1. The summed E-state index contributed by atoms with van der Waals surface area (Å²) in [7, 11) is -1.47. The number of fused-ring (bicyclic) bond motifs is 2. The van der Waals surface area contributed by atoms with E-state index < -0.39 is 38.0 Å². The van der Waals surface area contributed by atoms with Gasteiger partial charge in [-0.2, -0.15) is 10.2 Å². The largest absolute Gasteiger partial charge is 0.475 e. The number of carbonyl (C=O) groups excluding carboxylic acids is 1. The first-order valence-electron chi connectivity index (χ1n) is 16.2. The summed E-state index contributed by atoms with van der Waals surface area (Å²) in [6.07, 6.45) is 2.17. The zero-order valence-electron chi connectivity index (χ0n) is 27.8. The molecule has 3 saturated heterocycles. The highest BCUT2D eigenvalue weighted by molar-refractivity contribution is 7.45. The molecule has 0 saturated carbocycles. The third kappa shape index (κ3) is 6.60. The number of aromatic nitrogens is 4. The molecule has 5 heterocycles. The van der Waals surface area contributed by atoms with Crippen molar-refractivity contribution in [3.63, 3.8) is 0 Å². The SMILES string of the molecule is CC[C@H]1O[C@@H](n2cnc3c(OCCC#N)nc(C)nc32)C(OCOC(=O)C(C)(C)C)[C@H]1O[P@@]1O[C@](C)(c2ccccc2)[C@@H]2CCCN21. The molecule has 0 radical (unpaired) electrons. The van der Waals surface area contributed by atoms with Crippen LogP contribution < -0.4 is 4.74 Å². The Hall–Kier alpha value is -3.24. The molecule has 13 nitrogen and oxygen atoms in total. The first-order chi connectivity index (χ1) is 22.5. The van der Waals surface area contributed by atoms with Crippen LogP contribution in [0.5, 0.6) is 5.88 Å². The van der Waals surface area contributed by atoms with Gasteiger partial charge in [-0.15, -0.1) is 0 Å². The Morgan fingerprint density at radius 3 is 2.72 bits per heavy atom. The van der Waals surface area contributed by atoms with Crippen LogP contribution in [0.2, 0.25) is 0 Å². The molecule has 3 fully saturated rings. The van der Waals surface area contributed by atoms with E-state index in [-0.39, 0.29) is 37.9 Å². The first-order valence-corrected chi connectivity index (χ1v) is 17.3. The Bertz CT molecular complexity index is 1610. The van der Waals surface area contributed by atoms with Crippen LogP contribution in [0, 0.1) is 23.7 Å². The molecule has 14 heteroatoms. The van der Waals surface area contributed by atoms with Crippen molar-refractivity contribution in [3.05, 3.63) is 48.0 Å². The van der Waals surface area contributed by atoms with Crippen molar-refractivity contribution in [1.29, 1.82) is 5.26 Å². The second-order valence-corrected chi connectivity index (χ2v) is 14.6. The molecule has 6 rings (SSSR count). The quantitative estimate of drug-likeness (QED) is 0.107. The van der Waals surface area contributed by atoms with Crippen LogP contribution in [0.15, 0.2) is 36.7 Å². The van der Waals surface area contributed by atoms with Crippen LogP contribution in [0.25, 0.3) is 11.2 Å². The Morgan fingerprint density at radius 1 is 1.21 bits per heavy atom. The van der Waals surface area contributed by atoms with Gasteiger partial charge in [0, 0.05) is 6.54 Å². The summed E-state index contributed by atoms with van der Waals surface area (Å²) in [6, 6.07) is 12.6. The minimum absolute atomic E-state index is 0.177. The number of nitriles is 1. The summed E-state index contributed by atoms with van der Waals surface area (Å²) in [5.41, 5.74) is 0.826. The van der Waals surface area contributed by atoms with Gasteiger partial charge in [0.25, 0.3) is 8.53 Å². The molecule has 0 N–H and O–H groups in total. The Labute approximate surface area is 276 Å². The van der Waals surface area contributed by atoms with Crippen molar-refractivity contribution in [3.8, 4) is 11.9 Å². The molecular weight excluding hydrogens is 623 g/mol. The molecule has 0 bridgehead atoms. The number of hydrogen-bond acceptors (Lipinski definition) is 12. The van der Waals surface area contributed by atoms with Crippen molar-refractivity contribution in [2.75, 3.05) is 19.9 Å². The lowest BCUT2D eigenvalue weighted by Gasteiger charge is -2.30. The normalized spacial score (nSPS) is 29.2. The van der Waals surface area contributed by atoms with E-state index in [1.165, 1.54) is 0 Å². The van der Waals surface area contributed by atoms with E-state index in [1.807, 2.05) is 25.1 Å². The molecule has 7 atom stereocenters. The van der Waals surface area contributed by atoms with Crippen molar-refractivity contribution < 1.29 is 32.8 Å². The predicted molar refractivity (Wildman–Crippen MR) is 172 cm³/mol. The maximum Gasteiger partial charge on any atom is 0.313 e. The number of nitrogens with zero attached hydrogens (tertiary/aromatic N) is 6. The number of aryl methyl sites for hydroxylation is 1. The lowest BCUT2D eigenvalue weighted by Crippen LogP contribution is -2.38. The Morgan fingerprint density at radius 2 is 2.00 bits per heavy atom. The average Bonchev–Trinajstić information content (AvgIpc) is 3.82. The second-order valence-electron chi connectivity index (χ2n) is 13.3. The number of imidazole rings is 1. The molecule has 3 aliphatic heterocycles. The summed E-state index contributed by atoms with van der Waals surface area (Å²) >= 11 is 0. The second kappa shape index (κ2) is 13.7. The van der Waals surface area contributed by atoms with Crippen molar-refractivity contribution in [2.24, 2.45) is 5.41 Å². The molecule has 0 aliphatic carbocycles. The summed E-state index contributed by atoms with van der Waals surface area (Å²) in [6.45, 7) is 12.1. The van der Waals surface area contributed by atoms with Crippen LogP contribution >= 0.6 is 8.53 Å². The van der Waals surface area contributed by atoms with Crippen molar-refractivity contribution >= 4 is 25.7 Å². The number of benzene rings is 1. The van der Waals surface area contributed by atoms with Gasteiger partial charge in [0.1, 0.15) is 30.2 Å². The lowest BCUT2D eigenvalue weighted by molar-refractivity contribution is -0.178. The fourth-order valence-corrected chi connectivity index (χ4v) is 8.56. The summed E-state index contributed by atoms with van der Waals surface area (Å²) in [5.74, 6) is 0.387. The fraction of sp³-hybridized carbons (Fsp3) is 0.606. The average molecular weight is 667 g/mol. The Balaban J connectivity index is 1.32. The minimum atomic E-state index is -1.47. The van der Waals surface area contributed by atoms with E-state index in [0.29, 0.717) is 29.3 Å². The third-order valence-electron chi connectivity index (χ3n) is 8.88. The van der Waals surface area contributed by atoms with E-state index in [2.05, 4.69) is 44.7 Å². The predicted octanol–water partition coefficient (Wildman–Crippen LogP) is 5.69. The van der Waals surface area contributed by atoms with E-state index in [0.717, 1.165) is 24.9 Å². The monoisotopic (exact) mass is 666 g/mol.